The molecule has 2 N–H and O–H groups in total. The van der Waals surface area contributed by atoms with Crippen molar-refractivity contribution in [2.24, 2.45) is 0 Å². The first-order valence-corrected chi connectivity index (χ1v) is 7.87. The molecule has 0 saturated heterocycles. The van der Waals surface area contributed by atoms with Crippen molar-refractivity contribution >= 4 is 16.8 Å². The molecule has 0 spiro atoms. The molecule has 0 aliphatic carbocycles. The molecule has 0 unspecified atom stereocenters. The maximum Gasteiger partial charge on any atom is 0.225 e. The summed E-state index contributed by atoms with van der Waals surface area (Å²) in [5.41, 5.74) is 4.37. The third-order valence-electron chi connectivity index (χ3n) is 4.18. The van der Waals surface area contributed by atoms with Crippen LogP contribution in [0.3, 0.4) is 0 Å². The second-order valence-electron chi connectivity index (χ2n) is 6.19. The molecule has 3 aromatic rings. The number of nitrogens with one attached hydrogen (secondary N) is 2. The molecule has 0 aliphatic heterocycles. The lowest BCUT2D eigenvalue weighted by atomic mass is 10.1. The van der Waals surface area contributed by atoms with E-state index in [2.05, 4.69) is 35.4 Å². The fourth-order valence-corrected chi connectivity index (χ4v) is 2.93. The second-order valence-corrected chi connectivity index (χ2v) is 6.19. The van der Waals surface area contributed by atoms with Crippen molar-refractivity contribution in [1.82, 2.24) is 10.3 Å². The number of carbonyl (C=O) groups is 1. The lowest BCUT2D eigenvalue weighted by Crippen LogP contribution is -2.28. The molecule has 0 bridgehead atoms. The minimum absolute atomic E-state index is 0.00272. The summed E-state index contributed by atoms with van der Waals surface area (Å²) in [6, 6.07) is 9.94. The fraction of sp³-hybridized carbons (Fsp3) is 0.316. The molecule has 3 rings (SSSR count). The number of carbonyl (C=O) groups excluding carboxylic acids is 1. The predicted octanol–water partition coefficient (Wildman–Crippen LogP) is 4.11. The first kappa shape index (κ1) is 15.4. The number of fused-ring (bicyclic) bond motifs is 1. The molecule has 4 heteroatoms. The number of hydrogen-bond acceptors (Lipinski definition) is 2. The number of aromatic nitrogens is 1. The molecule has 1 aromatic carbocycles. The van der Waals surface area contributed by atoms with Crippen molar-refractivity contribution in [2.45, 2.75) is 40.2 Å². The largest absolute Gasteiger partial charge is 0.464 e. The first-order valence-electron chi connectivity index (χ1n) is 7.87. The van der Waals surface area contributed by atoms with Gasteiger partial charge in [-0.05, 0) is 57.5 Å². The van der Waals surface area contributed by atoms with Crippen LogP contribution in [0.2, 0.25) is 0 Å². The average molecular weight is 310 g/mol. The molecule has 4 nitrogen and oxygen atoms in total. The molecule has 120 valence electrons. The van der Waals surface area contributed by atoms with Crippen molar-refractivity contribution < 1.29 is 9.21 Å². The van der Waals surface area contributed by atoms with E-state index >= 15 is 0 Å². The number of benzene rings is 1. The van der Waals surface area contributed by atoms with Crippen LogP contribution in [0.15, 0.2) is 34.7 Å². The van der Waals surface area contributed by atoms with Gasteiger partial charge in [0.25, 0.3) is 0 Å². The summed E-state index contributed by atoms with van der Waals surface area (Å²) in [7, 11) is 0. The Hall–Kier alpha value is -2.49. The Morgan fingerprint density at radius 2 is 2.00 bits per heavy atom. The van der Waals surface area contributed by atoms with Gasteiger partial charge in [0.1, 0.15) is 11.5 Å². The molecule has 2 aromatic heterocycles. The summed E-state index contributed by atoms with van der Waals surface area (Å²) >= 11 is 0. The molecule has 0 fully saturated rings. The van der Waals surface area contributed by atoms with Crippen LogP contribution in [0.25, 0.3) is 10.9 Å². The molecule has 23 heavy (non-hydrogen) atoms. The summed E-state index contributed by atoms with van der Waals surface area (Å²) in [6.07, 6.45) is 0.360. The maximum absolute atomic E-state index is 12.4. The van der Waals surface area contributed by atoms with Crippen LogP contribution in [-0.4, -0.2) is 10.9 Å². The Bertz CT molecular complexity index is 858. The maximum atomic E-state index is 12.4. The van der Waals surface area contributed by atoms with E-state index in [1.165, 1.54) is 5.56 Å². The first-order chi connectivity index (χ1) is 10.9. The van der Waals surface area contributed by atoms with Gasteiger partial charge in [0.05, 0.1) is 12.5 Å². The van der Waals surface area contributed by atoms with Gasteiger partial charge in [0, 0.05) is 16.6 Å². The monoisotopic (exact) mass is 310 g/mol. The van der Waals surface area contributed by atoms with Gasteiger partial charge in [-0.3, -0.25) is 4.79 Å². The summed E-state index contributed by atoms with van der Waals surface area (Å²) in [4.78, 5) is 15.8. The number of aryl methyl sites for hydroxylation is 3. The number of rotatable bonds is 4. The molecular weight excluding hydrogens is 288 g/mol. The van der Waals surface area contributed by atoms with Crippen molar-refractivity contribution in [2.75, 3.05) is 0 Å². The van der Waals surface area contributed by atoms with E-state index in [4.69, 9.17) is 4.42 Å². The summed E-state index contributed by atoms with van der Waals surface area (Å²) in [6.45, 7) is 7.91. The van der Waals surface area contributed by atoms with Gasteiger partial charge in [0.2, 0.25) is 5.91 Å². The van der Waals surface area contributed by atoms with Gasteiger partial charge in [0.15, 0.2) is 0 Å². The zero-order valence-electron chi connectivity index (χ0n) is 14.0. The Labute approximate surface area is 135 Å². The number of aromatic amines is 1. The molecule has 1 amide bonds. The van der Waals surface area contributed by atoms with Crippen LogP contribution in [-0.2, 0) is 11.2 Å². The van der Waals surface area contributed by atoms with Crippen molar-refractivity contribution in [1.29, 1.82) is 0 Å². The van der Waals surface area contributed by atoms with Crippen molar-refractivity contribution in [3.63, 3.8) is 0 Å². The minimum Gasteiger partial charge on any atom is -0.464 e. The van der Waals surface area contributed by atoms with Gasteiger partial charge in [-0.1, -0.05) is 11.6 Å². The highest BCUT2D eigenvalue weighted by Crippen LogP contribution is 2.24. The smallest absolute Gasteiger partial charge is 0.225 e. The topological polar surface area (TPSA) is 58.0 Å². The van der Waals surface area contributed by atoms with Gasteiger partial charge in [-0.2, -0.15) is 0 Å². The number of H-pyrrole nitrogens is 1. The number of furan rings is 1. The van der Waals surface area contributed by atoms with E-state index in [1.807, 2.05) is 32.9 Å². The van der Waals surface area contributed by atoms with Crippen LogP contribution < -0.4 is 5.32 Å². The lowest BCUT2D eigenvalue weighted by molar-refractivity contribution is -0.121. The van der Waals surface area contributed by atoms with Crippen LogP contribution in [0.1, 0.15) is 41.3 Å². The van der Waals surface area contributed by atoms with Crippen LogP contribution in [0, 0.1) is 20.8 Å². The Balaban J connectivity index is 1.77. The standard InChI is InChI=1S/C19H22N2O2/c1-11-5-7-17-16(9-11)15(13(3)20-17)10-19(22)21-14(4)18-8-6-12(2)23-18/h5-9,14,20H,10H2,1-4H3,(H,21,22)/t14-/m1/s1. The normalized spacial score (nSPS) is 12.5. The zero-order chi connectivity index (χ0) is 16.6. The van der Waals surface area contributed by atoms with Gasteiger partial charge < -0.3 is 14.7 Å². The van der Waals surface area contributed by atoms with E-state index in [1.54, 1.807) is 0 Å². The molecule has 2 heterocycles. The van der Waals surface area contributed by atoms with Crippen molar-refractivity contribution in [3.05, 3.63) is 58.7 Å². The molecule has 0 saturated carbocycles. The van der Waals surface area contributed by atoms with Gasteiger partial charge in [-0.25, -0.2) is 0 Å². The fourth-order valence-electron chi connectivity index (χ4n) is 2.93. The predicted molar refractivity (Wildman–Crippen MR) is 91.5 cm³/mol. The van der Waals surface area contributed by atoms with Gasteiger partial charge in [-0.15, -0.1) is 0 Å². The van der Waals surface area contributed by atoms with Gasteiger partial charge >= 0.3 is 0 Å². The van der Waals surface area contributed by atoms with Crippen LogP contribution in [0.5, 0.6) is 0 Å². The van der Waals surface area contributed by atoms with Crippen LogP contribution in [0.4, 0.5) is 0 Å². The highest BCUT2D eigenvalue weighted by Gasteiger charge is 2.16. The third kappa shape index (κ3) is 3.16. The second kappa shape index (κ2) is 5.95. The van der Waals surface area contributed by atoms with E-state index < -0.39 is 0 Å². The number of amides is 1. The highest BCUT2D eigenvalue weighted by atomic mass is 16.3. The van der Waals surface area contributed by atoms with E-state index in [9.17, 15) is 4.79 Å². The Morgan fingerprint density at radius 3 is 2.70 bits per heavy atom. The third-order valence-corrected chi connectivity index (χ3v) is 4.18. The summed E-state index contributed by atoms with van der Waals surface area (Å²) in [5.74, 6) is 1.63. The summed E-state index contributed by atoms with van der Waals surface area (Å²) < 4.78 is 5.57. The Morgan fingerprint density at radius 1 is 1.22 bits per heavy atom. The van der Waals surface area contributed by atoms with E-state index in [0.717, 1.165) is 33.7 Å². The summed E-state index contributed by atoms with van der Waals surface area (Å²) in [5, 5.41) is 4.13. The molecule has 0 aliphatic rings. The minimum atomic E-state index is -0.136. The van der Waals surface area contributed by atoms with Crippen LogP contribution >= 0.6 is 0 Å². The Kier molecular flexibility index (Phi) is 3.99. The average Bonchev–Trinajstić information content (AvgIpc) is 3.04. The SMILES string of the molecule is Cc1ccc2[nH]c(C)c(CC(=O)N[C@H](C)c3ccc(C)o3)c2c1. The highest BCUT2D eigenvalue weighted by molar-refractivity contribution is 5.90. The van der Waals surface area contributed by atoms with Crippen molar-refractivity contribution in [3.8, 4) is 0 Å². The zero-order valence-corrected chi connectivity index (χ0v) is 14.0. The van der Waals surface area contributed by atoms with E-state index in [-0.39, 0.29) is 11.9 Å². The molecule has 1 atom stereocenters. The lowest BCUT2D eigenvalue weighted by Gasteiger charge is -2.11. The molecular formula is C19H22N2O2. The quantitative estimate of drug-likeness (QED) is 0.762. The molecule has 0 radical (unpaired) electrons. The number of hydrogen-bond donors (Lipinski definition) is 2. The van der Waals surface area contributed by atoms with E-state index in [0.29, 0.717) is 6.42 Å².